The van der Waals surface area contributed by atoms with Crippen molar-refractivity contribution < 1.29 is 14.3 Å². The lowest BCUT2D eigenvalue weighted by Gasteiger charge is -2.36. The van der Waals surface area contributed by atoms with Crippen molar-refractivity contribution in [2.75, 3.05) is 51.3 Å². The fraction of sp³-hybridized carbons (Fsp3) is 0.500. The molecule has 6 nitrogen and oxygen atoms in total. The van der Waals surface area contributed by atoms with Gasteiger partial charge in [-0.1, -0.05) is 12.1 Å². The lowest BCUT2D eigenvalue weighted by Crippen LogP contribution is -2.46. The Kier molecular flexibility index (Phi) is 6.93. The summed E-state index contributed by atoms with van der Waals surface area (Å²) >= 11 is 0. The SMILES string of the molecule is COc1ccccc1N1CCN(CCCOC(=O)/C=C(/C)N)CC1. The van der Waals surface area contributed by atoms with E-state index in [0.717, 1.165) is 50.6 Å². The zero-order valence-corrected chi connectivity index (χ0v) is 14.5. The Morgan fingerprint density at radius 3 is 2.62 bits per heavy atom. The molecule has 1 fully saturated rings. The highest BCUT2D eigenvalue weighted by Gasteiger charge is 2.19. The molecule has 0 radical (unpaired) electrons. The van der Waals surface area contributed by atoms with E-state index in [1.807, 2.05) is 18.2 Å². The summed E-state index contributed by atoms with van der Waals surface area (Å²) in [5, 5.41) is 0. The van der Waals surface area contributed by atoms with E-state index in [4.69, 9.17) is 15.2 Å². The van der Waals surface area contributed by atoms with Gasteiger partial charge < -0.3 is 20.1 Å². The summed E-state index contributed by atoms with van der Waals surface area (Å²) in [6, 6.07) is 8.12. The third kappa shape index (κ3) is 5.45. The van der Waals surface area contributed by atoms with Crippen LogP contribution < -0.4 is 15.4 Å². The molecule has 6 heteroatoms. The van der Waals surface area contributed by atoms with Gasteiger partial charge in [-0.15, -0.1) is 0 Å². The number of methoxy groups -OCH3 is 1. The molecule has 0 saturated carbocycles. The van der Waals surface area contributed by atoms with Gasteiger partial charge in [-0.25, -0.2) is 4.79 Å². The molecule has 24 heavy (non-hydrogen) atoms. The predicted molar refractivity (Wildman–Crippen MR) is 95.2 cm³/mol. The molecule has 0 aromatic heterocycles. The van der Waals surface area contributed by atoms with Crippen LogP contribution in [0.4, 0.5) is 5.69 Å². The molecule has 1 saturated heterocycles. The molecule has 1 aliphatic heterocycles. The van der Waals surface area contributed by atoms with Crippen LogP contribution in [0, 0.1) is 0 Å². The lowest BCUT2D eigenvalue weighted by molar-refractivity contribution is -0.138. The first-order valence-electron chi connectivity index (χ1n) is 8.31. The molecule has 0 aliphatic carbocycles. The van der Waals surface area contributed by atoms with Crippen LogP contribution in [0.3, 0.4) is 0 Å². The van der Waals surface area contributed by atoms with E-state index in [2.05, 4.69) is 15.9 Å². The number of piperazine rings is 1. The molecule has 1 heterocycles. The quantitative estimate of drug-likeness (QED) is 0.464. The highest BCUT2D eigenvalue weighted by atomic mass is 16.5. The average molecular weight is 333 g/mol. The van der Waals surface area contributed by atoms with Gasteiger partial charge >= 0.3 is 5.97 Å². The van der Waals surface area contributed by atoms with Crippen LogP contribution in [0.1, 0.15) is 13.3 Å². The van der Waals surface area contributed by atoms with Crippen molar-refractivity contribution in [3.63, 3.8) is 0 Å². The summed E-state index contributed by atoms with van der Waals surface area (Å²) in [7, 11) is 1.71. The minimum atomic E-state index is -0.365. The van der Waals surface area contributed by atoms with Gasteiger partial charge in [0, 0.05) is 44.5 Å². The third-order valence-corrected chi connectivity index (χ3v) is 4.01. The molecular weight excluding hydrogens is 306 g/mol. The Hall–Kier alpha value is -2.21. The molecule has 1 aromatic carbocycles. The Balaban J connectivity index is 1.70. The van der Waals surface area contributed by atoms with Gasteiger partial charge in [0.2, 0.25) is 0 Å². The van der Waals surface area contributed by atoms with E-state index < -0.39 is 0 Å². The maximum absolute atomic E-state index is 11.4. The molecule has 0 spiro atoms. The van der Waals surface area contributed by atoms with Crippen LogP contribution in [0.15, 0.2) is 36.0 Å². The molecule has 0 amide bonds. The second kappa shape index (κ2) is 9.17. The Morgan fingerprint density at radius 2 is 1.96 bits per heavy atom. The average Bonchev–Trinajstić information content (AvgIpc) is 2.58. The number of para-hydroxylation sites is 2. The molecule has 132 valence electrons. The largest absolute Gasteiger partial charge is 0.495 e. The highest BCUT2D eigenvalue weighted by Crippen LogP contribution is 2.28. The molecular formula is C18H27N3O3. The van der Waals surface area contributed by atoms with Crippen LogP contribution >= 0.6 is 0 Å². The van der Waals surface area contributed by atoms with Crippen molar-refractivity contribution in [3.05, 3.63) is 36.0 Å². The van der Waals surface area contributed by atoms with Gasteiger partial charge in [-0.05, 0) is 25.5 Å². The number of nitrogens with zero attached hydrogens (tertiary/aromatic N) is 2. The summed E-state index contributed by atoms with van der Waals surface area (Å²) < 4.78 is 10.6. The maximum atomic E-state index is 11.4. The van der Waals surface area contributed by atoms with Crippen molar-refractivity contribution in [2.24, 2.45) is 5.73 Å². The molecule has 1 aliphatic rings. The second-order valence-electron chi connectivity index (χ2n) is 5.91. The summed E-state index contributed by atoms with van der Waals surface area (Å²) in [6.07, 6.45) is 2.14. The van der Waals surface area contributed by atoms with E-state index in [0.29, 0.717) is 12.3 Å². The fourth-order valence-electron chi connectivity index (χ4n) is 2.79. The first-order chi connectivity index (χ1) is 11.6. The molecule has 0 atom stereocenters. The highest BCUT2D eigenvalue weighted by molar-refractivity contribution is 5.82. The van der Waals surface area contributed by atoms with Crippen molar-refractivity contribution in [1.29, 1.82) is 0 Å². The van der Waals surface area contributed by atoms with Gasteiger partial charge in [0.05, 0.1) is 19.4 Å². The number of anilines is 1. The first kappa shape index (κ1) is 18.1. The van der Waals surface area contributed by atoms with E-state index in [-0.39, 0.29) is 5.97 Å². The molecule has 2 rings (SSSR count). The molecule has 0 bridgehead atoms. The van der Waals surface area contributed by atoms with Gasteiger partial charge in [-0.3, -0.25) is 4.90 Å². The monoisotopic (exact) mass is 333 g/mol. The number of hydrogen-bond donors (Lipinski definition) is 1. The van der Waals surface area contributed by atoms with Crippen molar-refractivity contribution in [2.45, 2.75) is 13.3 Å². The smallest absolute Gasteiger partial charge is 0.332 e. The number of carbonyl (C=O) groups is 1. The lowest BCUT2D eigenvalue weighted by atomic mass is 10.2. The van der Waals surface area contributed by atoms with Crippen molar-refractivity contribution in [1.82, 2.24) is 4.90 Å². The number of esters is 1. The maximum Gasteiger partial charge on any atom is 0.332 e. The van der Waals surface area contributed by atoms with E-state index >= 15 is 0 Å². The number of rotatable bonds is 7. The fourth-order valence-corrected chi connectivity index (χ4v) is 2.79. The van der Waals surface area contributed by atoms with Crippen LogP contribution in [-0.4, -0.2) is 57.3 Å². The Labute approximate surface area is 143 Å². The first-order valence-corrected chi connectivity index (χ1v) is 8.31. The molecule has 0 unspecified atom stereocenters. The van der Waals surface area contributed by atoms with Crippen molar-refractivity contribution in [3.8, 4) is 5.75 Å². The molecule has 2 N–H and O–H groups in total. The Morgan fingerprint density at radius 1 is 1.25 bits per heavy atom. The number of ether oxygens (including phenoxy) is 2. The van der Waals surface area contributed by atoms with E-state index in [1.54, 1.807) is 14.0 Å². The molecule has 1 aromatic rings. The van der Waals surface area contributed by atoms with Crippen LogP contribution in [0.5, 0.6) is 5.75 Å². The standard InChI is InChI=1S/C18H27N3O3/c1-15(19)14-18(22)24-13-5-8-20-9-11-21(12-10-20)16-6-3-4-7-17(16)23-2/h3-4,6-7,14H,5,8-13,19H2,1-2H3/b15-14-. The van der Waals surface area contributed by atoms with Crippen LogP contribution in [0.2, 0.25) is 0 Å². The normalized spacial score (nSPS) is 16.1. The number of carbonyl (C=O) groups excluding carboxylic acids is 1. The topological polar surface area (TPSA) is 68.0 Å². The van der Waals surface area contributed by atoms with Gasteiger partial charge in [0.15, 0.2) is 0 Å². The van der Waals surface area contributed by atoms with Crippen LogP contribution in [-0.2, 0) is 9.53 Å². The minimum absolute atomic E-state index is 0.365. The van der Waals surface area contributed by atoms with Crippen LogP contribution in [0.25, 0.3) is 0 Å². The van der Waals surface area contributed by atoms with E-state index in [9.17, 15) is 4.79 Å². The van der Waals surface area contributed by atoms with Gasteiger partial charge in [-0.2, -0.15) is 0 Å². The number of benzene rings is 1. The number of nitrogens with two attached hydrogens (primary N) is 1. The Bertz CT molecular complexity index is 562. The van der Waals surface area contributed by atoms with E-state index in [1.165, 1.54) is 6.08 Å². The summed E-state index contributed by atoms with van der Waals surface area (Å²) in [4.78, 5) is 16.1. The summed E-state index contributed by atoms with van der Waals surface area (Å²) in [5.41, 5.74) is 7.05. The van der Waals surface area contributed by atoms with Gasteiger partial charge in [0.25, 0.3) is 0 Å². The van der Waals surface area contributed by atoms with Crippen molar-refractivity contribution >= 4 is 11.7 Å². The summed E-state index contributed by atoms with van der Waals surface area (Å²) in [5.74, 6) is 0.553. The second-order valence-corrected chi connectivity index (χ2v) is 5.91. The zero-order valence-electron chi connectivity index (χ0n) is 14.5. The third-order valence-electron chi connectivity index (χ3n) is 4.01. The number of hydrogen-bond acceptors (Lipinski definition) is 6. The summed E-state index contributed by atoms with van der Waals surface area (Å²) in [6.45, 7) is 6.95. The zero-order chi connectivity index (χ0) is 17.4. The number of allylic oxidation sites excluding steroid dienone is 1. The van der Waals surface area contributed by atoms with Gasteiger partial charge in [0.1, 0.15) is 5.75 Å². The predicted octanol–water partition coefficient (Wildman–Crippen LogP) is 1.61. The minimum Gasteiger partial charge on any atom is -0.495 e.